The summed E-state index contributed by atoms with van der Waals surface area (Å²) in [5.41, 5.74) is 0. The van der Waals surface area contributed by atoms with E-state index in [4.69, 9.17) is 4.43 Å². The van der Waals surface area contributed by atoms with Gasteiger partial charge < -0.3 is 9.22 Å². The van der Waals surface area contributed by atoms with Crippen LogP contribution >= 0.6 is 0 Å². The minimum Gasteiger partial charge on any atom is -0.426 e. The highest BCUT2D eigenvalue weighted by molar-refractivity contribution is 6.87. The van der Waals surface area contributed by atoms with Crippen molar-refractivity contribution in [1.29, 1.82) is 0 Å². The Balaban J connectivity index is 3.05. The molecule has 1 aromatic rings. The molecule has 0 aliphatic rings. The molecule has 1 rings (SSSR count). The third-order valence-electron chi connectivity index (χ3n) is 3.07. The first kappa shape index (κ1) is 14.6. The first-order valence-electron chi connectivity index (χ1n) is 6.04. The van der Waals surface area contributed by atoms with Crippen LogP contribution in [0.1, 0.15) is 13.8 Å². The molecular formula is C13H24O2Si2. The Kier molecular flexibility index (Phi) is 4.03. The van der Waals surface area contributed by atoms with Gasteiger partial charge in [-0.1, -0.05) is 30.3 Å². The summed E-state index contributed by atoms with van der Waals surface area (Å²) in [4.78, 5) is 10.9. The maximum absolute atomic E-state index is 10.9. The summed E-state index contributed by atoms with van der Waals surface area (Å²) < 4.78 is 6.19. The molecule has 0 saturated heterocycles. The lowest BCUT2D eigenvalue weighted by molar-refractivity contribution is 0.159. The van der Waals surface area contributed by atoms with Gasteiger partial charge in [-0.3, -0.25) is 0 Å². The maximum Gasteiger partial charge on any atom is 0.247 e. The number of rotatable bonds is 4. The zero-order valence-corrected chi connectivity index (χ0v) is 13.7. The highest BCUT2D eigenvalue weighted by Gasteiger charge is 2.47. The van der Waals surface area contributed by atoms with Crippen LogP contribution in [-0.2, 0) is 4.43 Å². The predicted molar refractivity (Wildman–Crippen MR) is 78.4 cm³/mol. The van der Waals surface area contributed by atoms with E-state index >= 15 is 0 Å². The van der Waals surface area contributed by atoms with E-state index in [0.29, 0.717) is 0 Å². The molecule has 4 heteroatoms. The fourth-order valence-corrected chi connectivity index (χ4v) is 6.76. The molecule has 0 fully saturated rings. The van der Waals surface area contributed by atoms with Crippen molar-refractivity contribution in [3.63, 3.8) is 0 Å². The van der Waals surface area contributed by atoms with E-state index in [9.17, 15) is 4.80 Å². The highest BCUT2D eigenvalue weighted by atomic mass is 28.4. The van der Waals surface area contributed by atoms with Gasteiger partial charge in [0.15, 0.2) is 8.32 Å². The number of hydrogen-bond donors (Lipinski definition) is 1. The van der Waals surface area contributed by atoms with Crippen molar-refractivity contribution in [3.8, 4) is 0 Å². The second-order valence-electron chi connectivity index (χ2n) is 6.16. The zero-order chi connectivity index (χ0) is 13.3. The number of hydrogen-bond acceptors (Lipinski definition) is 2. The number of benzene rings is 1. The molecule has 0 heterocycles. The van der Waals surface area contributed by atoms with Crippen LogP contribution in [0.2, 0.25) is 26.2 Å². The lowest BCUT2D eigenvalue weighted by atomic mass is 10.4. The lowest BCUT2D eigenvalue weighted by Gasteiger charge is -2.42. The van der Waals surface area contributed by atoms with Gasteiger partial charge in [0.25, 0.3) is 0 Å². The molecule has 0 aliphatic heterocycles. The van der Waals surface area contributed by atoms with Gasteiger partial charge in [-0.25, -0.2) is 0 Å². The van der Waals surface area contributed by atoms with E-state index in [0.717, 1.165) is 5.19 Å². The molecule has 0 spiro atoms. The van der Waals surface area contributed by atoms with E-state index < -0.39 is 21.9 Å². The molecule has 2 nitrogen and oxygen atoms in total. The summed E-state index contributed by atoms with van der Waals surface area (Å²) in [6, 6.07) is 9.92. The average Bonchev–Trinajstić information content (AvgIpc) is 2.15. The third-order valence-corrected chi connectivity index (χ3v) is 8.30. The molecule has 0 aromatic heterocycles. The van der Waals surface area contributed by atoms with E-state index in [2.05, 4.69) is 19.6 Å². The second-order valence-corrected chi connectivity index (χ2v) is 14.5. The topological polar surface area (TPSA) is 29.5 Å². The molecule has 96 valence electrons. The average molecular weight is 269 g/mol. The maximum atomic E-state index is 10.9. The third kappa shape index (κ3) is 3.51. The van der Waals surface area contributed by atoms with Crippen LogP contribution in [-0.4, -0.2) is 26.7 Å². The second kappa shape index (κ2) is 4.68. The minimum absolute atomic E-state index is 0.459. The standard InChI is InChI=1S/C13H24O2Si2/c1-13(2,15-16(3,4)5)17(6,14)12-10-8-7-9-11-12/h7-11,14H,1-6H3. The van der Waals surface area contributed by atoms with Gasteiger partial charge in [0.05, 0.1) is 5.22 Å². The fourth-order valence-electron chi connectivity index (χ4n) is 1.98. The van der Waals surface area contributed by atoms with E-state index in [-0.39, 0.29) is 0 Å². The molecule has 1 aromatic carbocycles. The molecule has 0 radical (unpaired) electrons. The van der Waals surface area contributed by atoms with Gasteiger partial charge in [-0.2, -0.15) is 0 Å². The lowest BCUT2D eigenvalue weighted by Crippen LogP contribution is -2.65. The van der Waals surface area contributed by atoms with Crippen molar-refractivity contribution < 1.29 is 9.22 Å². The summed E-state index contributed by atoms with van der Waals surface area (Å²) in [6.45, 7) is 12.5. The Hall–Kier alpha value is -0.426. The minimum atomic E-state index is -2.60. The molecule has 1 N–H and O–H groups in total. The van der Waals surface area contributed by atoms with Gasteiger partial charge in [-0.15, -0.1) is 0 Å². The van der Waals surface area contributed by atoms with Crippen LogP contribution < -0.4 is 5.19 Å². The monoisotopic (exact) mass is 268 g/mol. The molecule has 17 heavy (non-hydrogen) atoms. The van der Waals surface area contributed by atoms with E-state index in [1.807, 2.05) is 50.7 Å². The van der Waals surface area contributed by atoms with Crippen LogP contribution in [0.4, 0.5) is 0 Å². The molecule has 1 unspecified atom stereocenters. The van der Waals surface area contributed by atoms with Gasteiger partial charge in [0.2, 0.25) is 8.32 Å². The molecule has 0 bridgehead atoms. The Morgan fingerprint density at radius 3 is 1.88 bits per heavy atom. The molecular weight excluding hydrogens is 244 g/mol. The van der Waals surface area contributed by atoms with Gasteiger partial charge in [-0.05, 0) is 45.2 Å². The first-order valence-corrected chi connectivity index (χ1v) is 11.9. The van der Waals surface area contributed by atoms with Crippen LogP contribution in [0.25, 0.3) is 0 Å². The predicted octanol–water partition coefficient (Wildman–Crippen LogP) is 2.63. The fraction of sp³-hybridized carbons (Fsp3) is 0.538. The summed E-state index contributed by atoms with van der Waals surface area (Å²) in [5.74, 6) is 0. The van der Waals surface area contributed by atoms with Crippen molar-refractivity contribution in [2.24, 2.45) is 0 Å². The molecule has 0 aliphatic carbocycles. The Labute approximate surface area is 107 Å². The largest absolute Gasteiger partial charge is 0.426 e. The summed E-state index contributed by atoms with van der Waals surface area (Å²) >= 11 is 0. The van der Waals surface area contributed by atoms with Crippen LogP contribution in [0.15, 0.2) is 30.3 Å². The van der Waals surface area contributed by atoms with Gasteiger partial charge in [0, 0.05) is 0 Å². The Morgan fingerprint density at radius 2 is 1.47 bits per heavy atom. The van der Waals surface area contributed by atoms with Crippen molar-refractivity contribution in [1.82, 2.24) is 0 Å². The van der Waals surface area contributed by atoms with Crippen molar-refractivity contribution >= 4 is 21.8 Å². The van der Waals surface area contributed by atoms with Gasteiger partial charge >= 0.3 is 0 Å². The normalized spacial score (nSPS) is 16.6. The molecule has 0 amide bonds. The summed E-state index contributed by atoms with van der Waals surface area (Å²) in [6.07, 6.45) is 0. The summed E-state index contributed by atoms with van der Waals surface area (Å²) in [7, 11) is -4.26. The quantitative estimate of drug-likeness (QED) is 0.851. The van der Waals surface area contributed by atoms with Crippen LogP contribution in [0.3, 0.4) is 0 Å². The Morgan fingerprint density at radius 1 is 1.00 bits per heavy atom. The van der Waals surface area contributed by atoms with E-state index in [1.165, 1.54) is 0 Å². The first-order chi connectivity index (χ1) is 7.56. The van der Waals surface area contributed by atoms with Crippen LogP contribution in [0.5, 0.6) is 0 Å². The smallest absolute Gasteiger partial charge is 0.247 e. The van der Waals surface area contributed by atoms with Crippen molar-refractivity contribution in [3.05, 3.63) is 30.3 Å². The zero-order valence-electron chi connectivity index (χ0n) is 11.7. The van der Waals surface area contributed by atoms with Crippen molar-refractivity contribution in [2.45, 2.75) is 45.3 Å². The van der Waals surface area contributed by atoms with Gasteiger partial charge in [0.1, 0.15) is 0 Å². The highest BCUT2D eigenvalue weighted by Crippen LogP contribution is 2.26. The van der Waals surface area contributed by atoms with Crippen LogP contribution in [0, 0.1) is 0 Å². The summed E-state index contributed by atoms with van der Waals surface area (Å²) in [5, 5.41) is 0.571. The molecule has 1 atom stereocenters. The Bertz CT molecular complexity index is 367. The SMILES string of the molecule is CC(C)(O[Si](C)(C)C)[Si](C)(O)c1ccccc1. The van der Waals surface area contributed by atoms with E-state index in [1.54, 1.807) is 0 Å². The van der Waals surface area contributed by atoms with Crippen molar-refractivity contribution in [2.75, 3.05) is 0 Å². The molecule has 0 saturated carbocycles.